The maximum absolute atomic E-state index is 5.89. The summed E-state index contributed by atoms with van der Waals surface area (Å²) in [6.45, 7) is 6.39. The van der Waals surface area contributed by atoms with Gasteiger partial charge in [0.1, 0.15) is 5.82 Å². The lowest BCUT2D eigenvalue weighted by atomic mass is 10.1. The number of nitrogens with two attached hydrogens (primary N) is 1. The van der Waals surface area contributed by atoms with Crippen LogP contribution in [0.1, 0.15) is 25.1 Å². The summed E-state index contributed by atoms with van der Waals surface area (Å²) in [6.07, 6.45) is 0.912. The fraction of sp³-hybridized carbons (Fsp3) is 0.333. The molecular weight excluding hydrogens is 302 g/mol. The molecule has 0 atom stereocenters. The van der Waals surface area contributed by atoms with Crippen LogP contribution in [0.15, 0.2) is 28.7 Å². The molecule has 0 aliphatic carbocycles. The van der Waals surface area contributed by atoms with E-state index in [1.165, 1.54) is 0 Å². The first-order valence-electron chi connectivity index (χ1n) is 6.35. The molecule has 100 valence electrons. The molecule has 0 unspecified atom stereocenters. The van der Waals surface area contributed by atoms with Crippen molar-refractivity contribution in [2.45, 2.75) is 27.2 Å². The van der Waals surface area contributed by atoms with Crippen LogP contribution in [0.3, 0.4) is 0 Å². The van der Waals surface area contributed by atoms with E-state index in [-0.39, 0.29) is 0 Å². The Morgan fingerprint density at radius 1 is 1.21 bits per heavy atom. The fourth-order valence-electron chi connectivity index (χ4n) is 2.04. The van der Waals surface area contributed by atoms with E-state index in [1.807, 2.05) is 18.2 Å². The van der Waals surface area contributed by atoms with Crippen LogP contribution in [0.4, 0.5) is 5.82 Å². The summed E-state index contributed by atoms with van der Waals surface area (Å²) in [4.78, 5) is 8.98. The molecule has 2 N–H and O–H groups in total. The smallest absolute Gasteiger partial charge is 0.162 e. The predicted molar refractivity (Wildman–Crippen MR) is 82.9 cm³/mol. The molecule has 0 spiro atoms. The van der Waals surface area contributed by atoms with Gasteiger partial charge in [0.25, 0.3) is 0 Å². The van der Waals surface area contributed by atoms with Gasteiger partial charge in [-0.05, 0) is 43.0 Å². The summed E-state index contributed by atoms with van der Waals surface area (Å²) in [6, 6.07) is 7.94. The summed E-state index contributed by atoms with van der Waals surface area (Å²) in [5.41, 5.74) is 9.05. The molecule has 4 heteroatoms. The van der Waals surface area contributed by atoms with Crippen LogP contribution in [0.2, 0.25) is 0 Å². The Balaban J connectivity index is 2.46. The fourth-order valence-corrected chi connectivity index (χ4v) is 2.52. The van der Waals surface area contributed by atoms with Gasteiger partial charge in [-0.1, -0.05) is 29.8 Å². The number of halogens is 1. The van der Waals surface area contributed by atoms with Gasteiger partial charge >= 0.3 is 0 Å². The maximum atomic E-state index is 5.89. The van der Waals surface area contributed by atoms with Crippen molar-refractivity contribution in [1.29, 1.82) is 0 Å². The average Bonchev–Trinajstić information content (AvgIpc) is 2.26. The number of nitrogens with zero attached hydrogens (tertiary/aromatic N) is 2. The molecule has 0 bridgehead atoms. The summed E-state index contributed by atoms with van der Waals surface area (Å²) < 4.78 is 1.06. The first-order chi connectivity index (χ1) is 8.95. The standard InChI is InChI=1S/C15H18BrN3/c1-9(2)6-12-8-14(17)19-15(18-12)13-5-4-11(16)7-10(13)3/h4-5,7-9H,6H2,1-3H3,(H2,17,18,19). The first-order valence-corrected chi connectivity index (χ1v) is 7.15. The van der Waals surface area contributed by atoms with Crippen LogP contribution in [-0.2, 0) is 6.42 Å². The van der Waals surface area contributed by atoms with Gasteiger partial charge in [0, 0.05) is 21.8 Å². The molecule has 0 radical (unpaired) electrons. The van der Waals surface area contributed by atoms with Crippen molar-refractivity contribution in [3.63, 3.8) is 0 Å². The Labute approximate surface area is 122 Å². The van der Waals surface area contributed by atoms with Crippen molar-refractivity contribution in [3.8, 4) is 11.4 Å². The number of benzene rings is 1. The van der Waals surface area contributed by atoms with Crippen molar-refractivity contribution >= 4 is 21.7 Å². The van der Waals surface area contributed by atoms with E-state index in [4.69, 9.17) is 5.73 Å². The molecule has 0 aliphatic rings. The number of anilines is 1. The molecule has 0 amide bonds. The number of nitrogen functional groups attached to an aromatic ring is 1. The largest absolute Gasteiger partial charge is 0.384 e. The second-order valence-electron chi connectivity index (χ2n) is 5.16. The maximum Gasteiger partial charge on any atom is 0.162 e. The quantitative estimate of drug-likeness (QED) is 0.930. The van der Waals surface area contributed by atoms with E-state index in [2.05, 4.69) is 52.7 Å². The molecule has 0 aliphatic heterocycles. The van der Waals surface area contributed by atoms with Gasteiger partial charge in [-0.2, -0.15) is 0 Å². The lowest BCUT2D eigenvalue weighted by Crippen LogP contribution is -2.04. The van der Waals surface area contributed by atoms with Gasteiger partial charge in [0.2, 0.25) is 0 Å². The van der Waals surface area contributed by atoms with Gasteiger partial charge in [-0.3, -0.25) is 0 Å². The van der Waals surface area contributed by atoms with Crippen molar-refractivity contribution < 1.29 is 0 Å². The highest BCUT2D eigenvalue weighted by Gasteiger charge is 2.09. The highest BCUT2D eigenvalue weighted by Crippen LogP contribution is 2.24. The summed E-state index contributed by atoms with van der Waals surface area (Å²) >= 11 is 3.46. The molecule has 19 heavy (non-hydrogen) atoms. The highest BCUT2D eigenvalue weighted by molar-refractivity contribution is 9.10. The van der Waals surface area contributed by atoms with E-state index < -0.39 is 0 Å². The van der Waals surface area contributed by atoms with Gasteiger partial charge in [0.15, 0.2) is 5.82 Å². The van der Waals surface area contributed by atoms with Crippen molar-refractivity contribution in [2.75, 3.05) is 5.73 Å². The second-order valence-corrected chi connectivity index (χ2v) is 6.08. The third-order valence-corrected chi connectivity index (χ3v) is 3.34. The third-order valence-electron chi connectivity index (χ3n) is 2.85. The van der Waals surface area contributed by atoms with Crippen molar-refractivity contribution in [2.24, 2.45) is 5.92 Å². The van der Waals surface area contributed by atoms with Crippen LogP contribution in [-0.4, -0.2) is 9.97 Å². The Bertz CT molecular complexity index is 594. The predicted octanol–water partition coefficient (Wildman–Crippen LogP) is 4.00. The molecular formula is C15H18BrN3. The monoisotopic (exact) mass is 319 g/mol. The summed E-state index contributed by atoms with van der Waals surface area (Å²) in [5.74, 6) is 1.79. The molecule has 2 rings (SSSR count). The second kappa shape index (κ2) is 5.70. The Kier molecular flexibility index (Phi) is 4.20. The van der Waals surface area contributed by atoms with Crippen LogP contribution in [0.5, 0.6) is 0 Å². The van der Waals surface area contributed by atoms with Crippen molar-refractivity contribution in [3.05, 3.63) is 40.0 Å². The SMILES string of the molecule is Cc1cc(Br)ccc1-c1nc(N)cc(CC(C)C)n1. The Morgan fingerprint density at radius 3 is 2.58 bits per heavy atom. The number of rotatable bonds is 3. The van der Waals surface area contributed by atoms with Crippen LogP contribution < -0.4 is 5.73 Å². The summed E-state index contributed by atoms with van der Waals surface area (Å²) in [5, 5.41) is 0. The molecule has 1 aromatic heterocycles. The van der Waals surface area contributed by atoms with E-state index >= 15 is 0 Å². The molecule has 1 aromatic carbocycles. The van der Waals surface area contributed by atoms with Gasteiger partial charge in [-0.15, -0.1) is 0 Å². The number of hydrogen-bond acceptors (Lipinski definition) is 3. The molecule has 0 fully saturated rings. The van der Waals surface area contributed by atoms with Gasteiger partial charge in [-0.25, -0.2) is 9.97 Å². The minimum absolute atomic E-state index is 0.531. The zero-order chi connectivity index (χ0) is 14.0. The van der Waals surface area contributed by atoms with E-state index in [0.29, 0.717) is 17.6 Å². The zero-order valence-electron chi connectivity index (χ0n) is 11.4. The van der Waals surface area contributed by atoms with Crippen LogP contribution in [0, 0.1) is 12.8 Å². The van der Waals surface area contributed by atoms with E-state index in [9.17, 15) is 0 Å². The molecule has 0 saturated carbocycles. The molecule has 0 saturated heterocycles. The molecule has 1 heterocycles. The van der Waals surface area contributed by atoms with Crippen LogP contribution in [0.25, 0.3) is 11.4 Å². The first kappa shape index (κ1) is 14.0. The Hall–Kier alpha value is -1.42. The topological polar surface area (TPSA) is 51.8 Å². The average molecular weight is 320 g/mol. The van der Waals surface area contributed by atoms with Crippen molar-refractivity contribution in [1.82, 2.24) is 9.97 Å². The zero-order valence-corrected chi connectivity index (χ0v) is 13.0. The van der Waals surface area contributed by atoms with Gasteiger partial charge in [0.05, 0.1) is 0 Å². The molecule has 3 nitrogen and oxygen atoms in total. The normalized spacial score (nSPS) is 11.0. The summed E-state index contributed by atoms with van der Waals surface area (Å²) in [7, 11) is 0. The number of hydrogen-bond donors (Lipinski definition) is 1. The highest BCUT2D eigenvalue weighted by atomic mass is 79.9. The van der Waals surface area contributed by atoms with E-state index in [1.54, 1.807) is 0 Å². The lowest BCUT2D eigenvalue weighted by molar-refractivity contribution is 0.635. The number of aromatic nitrogens is 2. The van der Waals surface area contributed by atoms with Gasteiger partial charge < -0.3 is 5.73 Å². The Morgan fingerprint density at radius 2 is 1.95 bits per heavy atom. The minimum Gasteiger partial charge on any atom is -0.384 e. The molecule has 2 aromatic rings. The van der Waals surface area contributed by atoms with E-state index in [0.717, 1.165) is 27.7 Å². The third kappa shape index (κ3) is 3.53. The minimum atomic E-state index is 0.531. The number of aryl methyl sites for hydroxylation is 1. The van der Waals surface area contributed by atoms with Crippen LogP contribution >= 0.6 is 15.9 Å². The lowest BCUT2D eigenvalue weighted by Gasteiger charge is -2.09.